The summed E-state index contributed by atoms with van der Waals surface area (Å²) in [6.45, 7) is 10.5. The third-order valence-electron chi connectivity index (χ3n) is 8.03. The first-order valence-corrected chi connectivity index (χ1v) is 14.9. The highest BCUT2D eigenvalue weighted by molar-refractivity contribution is 6.31. The van der Waals surface area contributed by atoms with Crippen LogP contribution in [0.25, 0.3) is 17.1 Å². The van der Waals surface area contributed by atoms with Crippen LogP contribution in [0.15, 0.2) is 66.7 Å². The average Bonchev–Trinajstić information content (AvgIpc) is 3.38. The molecule has 1 N–H and O–H groups in total. The summed E-state index contributed by atoms with van der Waals surface area (Å²) >= 11 is 6.34. The van der Waals surface area contributed by atoms with Gasteiger partial charge in [-0.3, -0.25) is 14.3 Å². The number of ether oxygens (including phenoxy) is 2. The Morgan fingerprint density at radius 3 is 2.48 bits per heavy atom. The third kappa shape index (κ3) is 5.82. The van der Waals surface area contributed by atoms with E-state index in [4.69, 9.17) is 26.1 Å². The maximum absolute atomic E-state index is 13.4. The maximum atomic E-state index is 13.4. The number of benzene rings is 3. The van der Waals surface area contributed by atoms with E-state index in [1.807, 2.05) is 72.2 Å². The molecule has 1 aromatic heterocycles. The molecule has 0 spiro atoms. The highest BCUT2D eigenvalue weighted by Gasteiger charge is 2.23. The van der Waals surface area contributed by atoms with Crippen molar-refractivity contribution in [3.63, 3.8) is 0 Å². The van der Waals surface area contributed by atoms with Gasteiger partial charge in [0.15, 0.2) is 11.5 Å². The summed E-state index contributed by atoms with van der Waals surface area (Å²) in [7, 11) is 0. The highest BCUT2D eigenvalue weighted by atomic mass is 35.5. The Balaban J connectivity index is 1.10. The SMILES string of the molecule is Cc1c(Cl)cccc1N1CCN(CCCNC(=O)c2nc(-c3ccccc3)n(-c3ccc4c(c3)OCCO4)c2C)CC1. The Morgan fingerprint density at radius 1 is 0.929 bits per heavy atom. The standard InChI is InChI=1S/C33H36ClN5O3/c1-23-27(34)10-6-11-28(23)38-18-16-37(17-19-38)15-7-14-35-33(40)31-24(2)39(32(36-31)25-8-4-3-5-9-25)26-12-13-29-30(22-26)42-21-20-41-29/h3-6,8-13,22H,7,14-21H2,1-2H3,(H,35,40). The predicted molar refractivity (Wildman–Crippen MR) is 167 cm³/mol. The molecule has 6 rings (SSSR count). The number of fused-ring (bicyclic) bond motifs is 1. The molecule has 9 heteroatoms. The predicted octanol–water partition coefficient (Wildman–Crippen LogP) is 5.52. The number of hydrogen-bond acceptors (Lipinski definition) is 6. The van der Waals surface area contributed by atoms with E-state index in [0.29, 0.717) is 37.0 Å². The molecule has 0 unspecified atom stereocenters. The number of anilines is 1. The van der Waals surface area contributed by atoms with Crippen molar-refractivity contribution in [2.45, 2.75) is 20.3 Å². The van der Waals surface area contributed by atoms with Gasteiger partial charge in [0.05, 0.1) is 11.4 Å². The van der Waals surface area contributed by atoms with Gasteiger partial charge in [-0.05, 0) is 56.6 Å². The van der Waals surface area contributed by atoms with Crippen LogP contribution >= 0.6 is 11.6 Å². The van der Waals surface area contributed by atoms with Gasteiger partial charge in [-0.2, -0.15) is 0 Å². The number of hydrogen-bond donors (Lipinski definition) is 1. The molecule has 2 aliphatic rings. The Bertz CT molecular complexity index is 1560. The van der Waals surface area contributed by atoms with E-state index in [1.54, 1.807) is 0 Å². The third-order valence-corrected chi connectivity index (χ3v) is 8.44. The number of aromatic nitrogens is 2. The molecule has 42 heavy (non-hydrogen) atoms. The Morgan fingerprint density at radius 2 is 1.69 bits per heavy atom. The molecule has 3 heterocycles. The van der Waals surface area contributed by atoms with Gasteiger partial charge in [0.1, 0.15) is 24.7 Å². The molecule has 8 nitrogen and oxygen atoms in total. The first-order chi connectivity index (χ1) is 20.5. The zero-order valence-electron chi connectivity index (χ0n) is 24.1. The average molecular weight is 586 g/mol. The summed E-state index contributed by atoms with van der Waals surface area (Å²) in [4.78, 5) is 23.1. The van der Waals surface area contributed by atoms with E-state index in [1.165, 1.54) is 5.69 Å². The largest absolute Gasteiger partial charge is 0.486 e. The van der Waals surface area contributed by atoms with Crippen LogP contribution < -0.4 is 19.7 Å². The van der Waals surface area contributed by atoms with Crippen LogP contribution in [-0.2, 0) is 0 Å². The Kier molecular flexibility index (Phi) is 8.35. The molecule has 0 radical (unpaired) electrons. The normalized spacial score (nSPS) is 15.1. The monoisotopic (exact) mass is 585 g/mol. The van der Waals surface area contributed by atoms with Crippen molar-refractivity contribution < 1.29 is 14.3 Å². The first kappa shape index (κ1) is 28.1. The van der Waals surface area contributed by atoms with Gasteiger partial charge in [0.2, 0.25) is 0 Å². The van der Waals surface area contributed by atoms with Gasteiger partial charge < -0.3 is 19.7 Å². The summed E-state index contributed by atoms with van der Waals surface area (Å²) in [5.74, 6) is 1.97. The summed E-state index contributed by atoms with van der Waals surface area (Å²) in [6.07, 6.45) is 0.870. The van der Waals surface area contributed by atoms with Crippen molar-refractivity contribution in [3.05, 3.63) is 88.7 Å². The minimum Gasteiger partial charge on any atom is -0.486 e. The van der Waals surface area contributed by atoms with E-state index < -0.39 is 0 Å². The van der Waals surface area contributed by atoms with Gasteiger partial charge in [-0.1, -0.05) is 48.0 Å². The molecular formula is C33H36ClN5O3. The lowest BCUT2D eigenvalue weighted by atomic mass is 10.1. The molecule has 0 atom stereocenters. The lowest BCUT2D eigenvalue weighted by molar-refractivity contribution is 0.0946. The number of carbonyl (C=O) groups is 1. The van der Waals surface area contributed by atoms with Gasteiger partial charge in [0.25, 0.3) is 5.91 Å². The summed E-state index contributed by atoms with van der Waals surface area (Å²) in [5.41, 5.74) is 5.36. The molecule has 1 saturated heterocycles. The molecule has 0 saturated carbocycles. The topological polar surface area (TPSA) is 71.9 Å². The summed E-state index contributed by atoms with van der Waals surface area (Å²) in [6, 6.07) is 21.9. The van der Waals surface area contributed by atoms with Crippen molar-refractivity contribution in [3.8, 4) is 28.6 Å². The molecule has 0 bridgehead atoms. The number of amides is 1. The number of nitrogens with one attached hydrogen (secondary N) is 1. The van der Waals surface area contributed by atoms with Gasteiger partial charge in [-0.15, -0.1) is 0 Å². The Hall–Kier alpha value is -4.01. The first-order valence-electron chi connectivity index (χ1n) is 14.5. The fourth-order valence-electron chi connectivity index (χ4n) is 5.72. The molecule has 1 fully saturated rings. The lowest BCUT2D eigenvalue weighted by Gasteiger charge is -2.37. The second-order valence-electron chi connectivity index (χ2n) is 10.7. The number of halogens is 1. The fraction of sp³-hybridized carbons (Fsp3) is 0.333. The van der Waals surface area contributed by atoms with E-state index in [9.17, 15) is 4.79 Å². The quantitative estimate of drug-likeness (QED) is 0.275. The molecule has 1 amide bonds. The zero-order chi connectivity index (χ0) is 29.1. The van der Waals surface area contributed by atoms with Crippen molar-refractivity contribution in [1.82, 2.24) is 19.8 Å². The van der Waals surface area contributed by atoms with Gasteiger partial charge in [-0.25, -0.2) is 4.98 Å². The van der Waals surface area contributed by atoms with Crippen molar-refractivity contribution in [2.75, 3.05) is 57.4 Å². The van der Waals surface area contributed by atoms with Crippen LogP contribution in [0.4, 0.5) is 5.69 Å². The molecule has 218 valence electrons. The second-order valence-corrected chi connectivity index (χ2v) is 11.1. The van der Waals surface area contributed by atoms with Crippen LogP contribution in [0.1, 0.15) is 28.2 Å². The molecule has 4 aromatic rings. The zero-order valence-corrected chi connectivity index (χ0v) is 24.9. The number of piperazine rings is 1. The van der Waals surface area contributed by atoms with Gasteiger partial charge >= 0.3 is 0 Å². The fourth-order valence-corrected chi connectivity index (χ4v) is 5.89. The van der Waals surface area contributed by atoms with Crippen molar-refractivity contribution in [2.24, 2.45) is 0 Å². The number of rotatable bonds is 8. The van der Waals surface area contributed by atoms with E-state index in [2.05, 4.69) is 28.1 Å². The minimum atomic E-state index is -0.165. The van der Waals surface area contributed by atoms with Gasteiger partial charge in [0, 0.05) is 55.1 Å². The summed E-state index contributed by atoms with van der Waals surface area (Å²) < 4.78 is 13.6. The van der Waals surface area contributed by atoms with Crippen LogP contribution in [0.2, 0.25) is 5.02 Å². The molecule has 0 aliphatic carbocycles. The van der Waals surface area contributed by atoms with Crippen molar-refractivity contribution >= 4 is 23.2 Å². The van der Waals surface area contributed by atoms with Crippen LogP contribution in [-0.4, -0.2) is 72.8 Å². The second kappa shape index (κ2) is 12.5. The van der Waals surface area contributed by atoms with E-state index >= 15 is 0 Å². The van der Waals surface area contributed by atoms with E-state index in [-0.39, 0.29) is 5.91 Å². The van der Waals surface area contributed by atoms with Crippen LogP contribution in [0.5, 0.6) is 11.5 Å². The minimum absolute atomic E-state index is 0.165. The molecule has 2 aliphatic heterocycles. The van der Waals surface area contributed by atoms with Crippen molar-refractivity contribution in [1.29, 1.82) is 0 Å². The molecular weight excluding hydrogens is 550 g/mol. The van der Waals surface area contributed by atoms with Crippen LogP contribution in [0, 0.1) is 13.8 Å². The Labute approximate surface area is 251 Å². The molecule has 3 aromatic carbocycles. The number of nitrogens with zero attached hydrogens (tertiary/aromatic N) is 4. The highest BCUT2D eigenvalue weighted by Crippen LogP contribution is 2.35. The van der Waals surface area contributed by atoms with E-state index in [0.717, 1.165) is 72.4 Å². The smallest absolute Gasteiger partial charge is 0.271 e. The maximum Gasteiger partial charge on any atom is 0.271 e. The number of imidazole rings is 1. The van der Waals surface area contributed by atoms with Crippen LogP contribution in [0.3, 0.4) is 0 Å². The summed E-state index contributed by atoms with van der Waals surface area (Å²) in [5, 5.41) is 3.92. The number of carbonyl (C=O) groups excluding carboxylic acids is 1. The lowest BCUT2D eigenvalue weighted by Crippen LogP contribution is -2.47.